The predicted octanol–water partition coefficient (Wildman–Crippen LogP) is 1.14. The zero-order valence-electron chi connectivity index (χ0n) is 9.36. The van der Waals surface area contributed by atoms with Gasteiger partial charge in [0.15, 0.2) is 0 Å². The van der Waals surface area contributed by atoms with E-state index in [9.17, 15) is 9.59 Å². The van der Waals surface area contributed by atoms with E-state index in [0.717, 1.165) is 11.2 Å². The molecule has 0 aliphatic rings. The van der Waals surface area contributed by atoms with Crippen LogP contribution in [-0.2, 0) is 4.79 Å². The number of aromatic nitrogens is 2. The summed E-state index contributed by atoms with van der Waals surface area (Å²) < 4.78 is 0. The third-order valence-corrected chi connectivity index (χ3v) is 2.81. The van der Waals surface area contributed by atoms with Crippen LogP contribution >= 0.6 is 12.6 Å². The number of amides is 1. The van der Waals surface area contributed by atoms with Gasteiger partial charge in [-0.15, -0.1) is 0 Å². The lowest BCUT2D eigenvalue weighted by Crippen LogP contribution is -2.26. The maximum absolute atomic E-state index is 11.7. The number of aromatic amines is 2. The molecule has 2 aromatic rings. The largest absolute Gasteiger partial charge is 0.323 e. The Morgan fingerprint density at radius 1 is 1.35 bits per heavy atom. The molecule has 0 aliphatic carbocycles. The summed E-state index contributed by atoms with van der Waals surface area (Å²) in [5.74, 6) is 0.518. The van der Waals surface area contributed by atoms with E-state index in [4.69, 9.17) is 0 Å². The highest BCUT2D eigenvalue weighted by atomic mass is 32.1. The van der Waals surface area contributed by atoms with Gasteiger partial charge in [0.2, 0.25) is 5.91 Å². The first kappa shape index (κ1) is 11.8. The molecule has 1 heterocycles. The molecule has 0 radical (unpaired) electrons. The van der Waals surface area contributed by atoms with Gasteiger partial charge >= 0.3 is 5.69 Å². The molecule has 1 aromatic heterocycles. The number of thiol groups is 1. The normalized spacial score (nSPS) is 10.7. The minimum absolute atomic E-state index is 0.00256. The molecule has 0 saturated heterocycles. The molecule has 0 atom stereocenters. The van der Waals surface area contributed by atoms with E-state index >= 15 is 0 Å². The molecule has 2 rings (SSSR count). The number of hydrogen-bond donors (Lipinski definition) is 3. The Hall–Kier alpha value is -1.69. The van der Waals surface area contributed by atoms with Gasteiger partial charge in [0.25, 0.3) is 0 Å². The quantitative estimate of drug-likeness (QED) is 0.716. The van der Waals surface area contributed by atoms with Gasteiger partial charge in [0.05, 0.1) is 11.0 Å². The van der Waals surface area contributed by atoms with Crippen LogP contribution in [0, 0.1) is 0 Å². The highest BCUT2D eigenvalue weighted by molar-refractivity contribution is 7.80. The lowest BCUT2D eigenvalue weighted by atomic mass is 10.2. The van der Waals surface area contributed by atoms with Crippen LogP contribution in [-0.4, -0.2) is 28.7 Å². The van der Waals surface area contributed by atoms with Gasteiger partial charge < -0.3 is 14.9 Å². The third-order valence-electron chi connectivity index (χ3n) is 2.59. The summed E-state index contributed by atoms with van der Waals surface area (Å²) in [6, 6.07) is 5.33. The highest BCUT2D eigenvalue weighted by Gasteiger charge is 2.10. The van der Waals surface area contributed by atoms with Gasteiger partial charge in [-0.1, -0.05) is 0 Å². The highest BCUT2D eigenvalue weighted by Crippen LogP contribution is 2.18. The number of fused-ring (bicyclic) bond motifs is 1. The average molecular weight is 251 g/mol. The summed E-state index contributed by atoms with van der Waals surface area (Å²) in [7, 11) is 1.71. The summed E-state index contributed by atoms with van der Waals surface area (Å²) in [5, 5.41) is 0. The molecule has 0 unspecified atom stereocenters. The Kier molecular flexibility index (Phi) is 3.23. The van der Waals surface area contributed by atoms with E-state index in [-0.39, 0.29) is 11.6 Å². The molecule has 90 valence electrons. The van der Waals surface area contributed by atoms with Crippen LogP contribution in [0.5, 0.6) is 0 Å². The van der Waals surface area contributed by atoms with E-state index in [1.165, 1.54) is 0 Å². The minimum atomic E-state index is -0.249. The molecular formula is C11H13N3O2S. The summed E-state index contributed by atoms with van der Waals surface area (Å²) >= 11 is 4.03. The van der Waals surface area contributed by atoms with Gasteiger partial charge in [-0.3, -0.25) is 4.79 Å². The number of nitrogens with zero attached hydrogens (tertiary/aromatic N) is 1. The molecule has 17 heavy (non-hydrogen) atoms. The van der Waals surface area contributed by atoms with Crippen molar-refractivity contribution in [3.63, 3.8) is 0 Å². The van der Waals surface area contributed by atoms with Crippen molar-refractivity contribution in [2.24, 2.45) is 0 Å². The fourth-order valence-electron chi connectivity index (χ4n) is 1.64. The third kappa shape index (κ3) is 2.36. The molecule has 5 nitrogen and oxygen atoms in total. The molecule has 0 saturated carbocycles. The Morgan fingerprint density at radius 2 is 2.06 bits per heavy atom. The molecule has 0 bridgehead atoms. The van der Waals surface area contributed by atoms with Gasteiger partial charge in [-0.05, 0) is 24.0 Å². The Bertz CT molecular complexity index is 602. The lowest BCUT2D eigenvalue weighted by Gasteiger charge is -2.16. The first-order valence-electron chi connectivity index (χ1n) is 5.21. The van der Waals surface area contributed by atoms with Gasteiger partial charge in [0.1, 0.15) is 0 Å². The maximum atomic E-state index is 11.7. The number of imidazole rings is 1. The number of carbonyl (C=O) groups is 1. The van der Waals surface area contributed by atoms with Crippen molar-refractivity contribution < 1.29 is 4.79 Å². The number of benzene rings is 1. The van der Waals surface area contributed by atoms with E-state index in [1.54, 1.807) is 30.1 Å². The number of rotatable bonds is 3. The number of H-pyrrole nitrogens is 2. The SMILES string of the molecule is CN(C(=O)CCS)c1ccc2[nH]c(=O)[nH]c2c1. The van der Waals surface area contributed by atoms with Crippen LogP contribution < -0.4 is 10.6 Å². The van der Waals surface area contributed by atoms with Gasteiger partial charge in [-0.25, -0.2) is 4.79 Å². The van der Waals surface area contributed by atoms with E-state index in [0.29, 0.717) is 17.7 Å². The van der Waals surface area contributed by atoms with Crippen molar-refractivity contribution in [3.8, 4) is 0 Å². The first-order valence-corrected chi connectivity index (χ1v) is 5.84. The monoisotopic (exact) mass is 251 g/mol. The van der Waals surface area contributed by atoms with Gasteiger partial charge in [-0.2, -0.15) is 12.6 Å². The number of nitrogens with one attached hydrogen (secondary N) is 2. The zero-order chi connectivity index (χ0) is 12.4. The summed E-state index contributed by atoms with van der Waals surface area (Å²) in [6.07, 6.45) is 0.390. The molecule has 0 fully saturated rings. The van der Waals surface area contributed by atoms with Crippen molar-refractivity contribution in [3.05, 3.63) is 28.7 Å². The number of anilines is 1. The molecule has 1 amide bonds. The van der Waals surface area contributed by atoms with Crippen molar-refractivity contribution in [1.82, 2.24) is 9.97 Å². The average Bonchev–Trinajstić information content (AvgIpc) is 2.67. The van der Waals surface area contributed by atoms with Crippen LogP contribution in [0.15, 0.2) is 23.0 Å². The number of hydrogen-bond acceptors (Lipinski definition) is 3. The summed E-state index contributed by atoms with van der Waals surface area (Å²) in [6.45, 7) is 0. The molecule has 0 spiro atoms. The Labute approximate surface area is 103 Å². The van der Waals surface area contributed by atoms with Crippen molar-refractivity contribution >= 4 is 35.3 Å². The molecule has 6 heteroatoms. The predicted molar refractivity (Wildman–Crippen MR) is 70.8 cm³/mol. The summed E-state index contributed by atoms with van der Waals surface area (Å²) in [4.78, 5) is 29.7. The van der Waals surface area contributed by atoms with Crippen molar-refractivity contribution in [2.45, 2.75) is 6.42 Å². The molecular weight excluding hydrogens is 238 g/mol. The fraction of sp³-hybridized carbons (Fsp3) is 0.273. The van der Waals surface area contributed by atoms with E-state index < -0.39 is 0 Å². The van der Waals surface area contributed by atoms with Gasteiger partial charge in [0, 0.05) is 19.2 Å². The van der Waals surface area contributed by atoms with Crippen LogP contribution in [0.4, 0.5) is 5.69 Å². The summed E-state index contributed by atoms with van der Waals surface area (Å²) in [5.41, 5.74) is 1.92. The second-order valence-corrected chi connectivity index (χ2v) is 4.18. The molecule has 0 aliphatic heterocycles. The maximum Gasteiger partial charge on any atom is 0.323 e. The molecule has 2 N–H and O–H groups in total. The first-order chi connectivity index (χ1) is 8.11. The molecule has 1 aromatic carbocycles. The van der Waals surface area contributed by atoms with E-state index in [1.807, 2.05) is 0 Å². The zero-order valence-corrected chi connectivity index (χ0v) is 10.3. The van der Waals surface area contributed by atoms with Crippen LogP contribution in [0.25, 0.3) is 11.0 Å². The Balaban J connectivity index is 2.35. The number of carbonyl (C=O) groups excluding carboxylic acids is 1. The minimum Gasteiger partial charge on any atom is -0.315 e. The second-order valence-electron chi connectivity index (χ2n) is 3.74. The van der Waals surface area contributed by atoms with E-state index in [2.05, 4.69) is 22.6 Å². The van der Waals surface area contributed by atoms with Crippen LogP contribution in [0.3, 0.4) is 0 Å². The van der Waals surface area contributed by atoms with Crippen LogP contribution in [0.2, 0.25) is 0 Å². The smallest absolute Gasteiger partial charge is 0.315 e. The second kappa shape index (κ2) is 4.67. The van der Waals surface area contributed by atoms with Crippen molar-refractivity contribution in [1.29, 1.82) is 0 Å². The topological polar surface area (TPSA) is 69.0 Å². The lowest BCUT2D eigenvalue weighted by molar-refractivity contribution is -0.117. The van der Waals surface area contributed by atoms with Crippen molar-refractivity contribution in [2.75, 3.05) is 17.7 Å². The fourth-order valence-corrected chi connectivity index (χ4v) is 1.83. The standard InChI is InChI=1S/C11H13N3O2S/c1-14(10(15)4-5-17)7-2-3-8-9(6-7)13-11(16)12-8/h2-3,6,17H,4-5H2,1H3,(H2,12,13,16). The Morgan fingerprint density at radius 3 is 2.76 bits per heavy atom. The van der Waals surface area contributed by atoms with Crippen LogP contribution in [0.1, 0.15) is 6.42 Å².